The molecule has 0 saturated carbocycles. The van der Waals surface area contributed by atoms with Crippen molar-refractivity contribution in [2.24, 2.45) is 4.99 Å². The van der Waals surface area contributed by atoms with Gasteiger partial charge in [-0.15, -0.1) is 0 Å². The number of rotatable bonds is 9. The zero-order valence-electron chi connectivity index (χ0n) is 22.4. The molecular weight excluding hydrogens is 600 g/mol. The first-order valence-corrected chi connectivity index (χ1v) is 13.9. The van der Waals surface area contributed by atoms with Crippen LogP contribution in [0.5, 0.6) is 17.2 Å². The van der Waals surface area contributed by atoms with Gasteiger partial charge in [0.1, 0.15) is 12.4 Å². The molecule has 1 atom stereocenters. The maximum absolute atomic E-state index is 13.9. The van der Waals surface area contributed by atoms with Crippen molar-refractivity contribution in [2.45, 2.75) is 26.8 Å². The van der Waals surface area contributed by atoms with E-state index < -0.39 is 18.0 Å². The van der Waals surface area contributed by atoms with Crippen LogP contribution in [0.25, 0.3) is 6.08 Å². The van der Waals surface area contributed by atoms with Crippen LogP contribution in [0.3, 0.4) is 0 Å². The molecule has 0 radical (unpaired) electrons. The lowest BCUT2D eigenvalue weighted by Crippen LogP contribution is -2.39. The predicted molar refractivity (Wildman–Crippen MR) is 155 cm³/mol. The number of methoxy groups -OCH3 is 1. The molecule has 0 fully saturated rings. The first-order chi connectivity index (χ1) is 19.2. The van der Waals surface area contributed by atoms with E-state index in [0.29, 0.717) is 48.7 Å². The molecule has 1 unspecified atom stereocenters. The summed E-state index contributed by atoms with van der Waals surface area (Å²) in [5.74, 6) is 0.161. The molecule has 1 aliphatic rings. The summed E-state index contributed by atoms with van der Waals surface area (Å²) >= 11 is 4.61. The molecule has 11 heteroatoms. The van der Waals surface area contributed by atoms with E-state index in [1.165, 1.54) is 29.9 Å². The molecule has 1 aromatic heterocycles. The van der Waals surface area contributed by atoms with Crippen molar-refractivity contribution in [3.63, 3.8) is 0 Å². The van der Waals surface area contributed by atoms with Gasteiger partial charge < -0.3 is 18.9 Å². The fourth-order valence-electron chi connectivity index (χ4n) is 4.23. The zero-order valence-corrected chi connectivity index (χ0v) is 24.8. The number of ether oxygens (including phenoxy) is 4. The highest BCUT2D eigenvalue weighted by molar-refractivity contribution is 9.10. The van der Waals surface area contributed by atoms with E-state index in [1.807, 2.05) is 12.1 Å². The van der Waals surface area contributed by atoms with Gasteiger partial charge in [0.05, 0.1) is 40.0 Å². The average Bonchev–Trinajstić information content (AvgIpc) is 3.22. The number of carbonyl (C=O) groups is 2. The Kier molecular flexibility index (Phi) is 9.06. The second-order valence-electron chi connectivity index (χ2n) is 8.60. The van der Waals surface area contributed by atoms with Crippen LogP contribution < -0.4 is 29.1 Å². The molecule has 40 heavy (non-hydrogen) atoms. The Balaban J connectivity index is 1.88. The van der Waals surface area contributed by atoms with Gasteiger partial charge in [-0.3, -0.25) is 14.2 Å². The molecule has 0 N–H and O–H groups in total. The van der Waals surface area contributed by atoms with Crippen molar-refractivity contribution in [3.8, 4) is 17.2 Å². The minimum Gasteiger partial charge on any atom is -0.493 e. The monoisotopic (exact) mass is 626 g/mol. The van der Waals surface area contributed by atoms with E-state index >= 15 is 0 Å². The van der Waals surface area contributed by atoms with Crippen LogP contribution in [0, 0.1) is 0 Å². The van der Waals surface area contributed by atoms with E-state index in [1.54, 1.807) is 50.3 Å². The quantitative estimate of drug-likeness (QED) is 0.200. The van der Waals surface area contributed by atoms with Crippen molar-refractivity contribution in [3.05, 3.63) is 95.6 Å². The number of aromatic nitrogens is 1. The van der Waals surface area contributed by atoms with Crippen LogP contribution in [0.4, 0.5) is 0 Å². The number of fused-ring (bicyclic) bond motifs is 1. The summed E-state index contributed by atoms with van der Waals surface area (Å²) in [6.07, 6.45) is 3.34. The summed E-state index contributed by atoms with van der Waals surface area (Å²) < 4.78 is 24.0. The van der Waals surface area contributed by atoms with Gasteiger partial charge in [-0.2, -0.15) is 0 Å². The number of halogens is 1. The molecule has 4 rings (SSSR count). The van der Waals surface area contributed by atoms with Crippen LogP contribution in [0.15, 0.2) is 74.6 Å². The second kappa shape index (κ2) is 12.5. The normalized spacial score (nSPS) is 14.7. The third-order valence-electron chi connectivity index (χ3n) is 5.88. The Morgan fingerprint density at radius 2 is 1.95 bits per heavy atom. The van der Waals surface area contributed by atoms with Gasteiger partial charge in [0, 0.05) is 6.92 Å². The molecule has 9 nitrogen and oxygen atoms in total. The highest BCUT2D eigenvalue weighted by Crippen LogP contribution is 2.37. The Morgan fingerprint density at radius 1 is 1.23 bits per heavy atom. The summed E-state index contributed by atoms with van der Waals surface area (Å²) in [6, 6.07) is 9.81. The smallest absolute Gasteiger partial charge is 0.338 e. The molecule has 0 bridgehead atoms. The maximum atomic E-state index is 13.9. The molecule has 0 aliphatic carbocycles. The largest absolute Gasteiger partial charge is 0.493 e. The van der Waals surface area contributed by atoms with Crippen molar-refractivity contribution in [2.75, 3.05) is 20.3 Å². The molecule has 2 aromatic carbocycles. The first kappa shape index (κ1) is 29.0. The molecule has 0 spiro atoms. The number of hydrogen-bond acceptors (Lipinski definition) is 9. The maximum Gasteiger partial charge on any atom is 0.338 e. The molecule has 0 saturated heterocycles. The van der Waals surface area contributed by atoms with Gasteiger partial charge in [0.15, 0.2) is 16.3 Å². The number of benzene rings is 2. The van der Waals surface area contributed by atoms with Crippen LogP contribution in [-0.4, -0.2) is 36.8 Å². The molecule has 0 amide bonds. The molecule has 3 aromatic rings. The summed E-state index contributed by atoms with van der Waals surface area (Å²) in [4.78, 5) is 43.5. The fraction of sp³-hybridized carbons (Fsp3) is 0.241. The van der Waals surface area contributed by atoms with Crippen molar-refractivity contribution in [1.29, 1.82) is 0 Å². The minimum atomic E-state index is -0.751. The second-order valence-corrected chi connectivity index (χ2v) is 10.5. The lowest BCUT2D eigenvalue weighted by molar-refractivity contribution is -0.139. The third-order valence-corrected chi connectivity index (χ3v) is 7.45. The van der Waals surface area contributed by atoms with Crippen molar-refractivity contribution in [1.82, 2.24) is 4.57 Å². The molecule has 208 valence electrons. The highest BCUT2D eigenvalue weighted by atomic mass is 79.9. The summed E-state index contributed by atoms with van der Waals surface area (Å²) in [5.41, 5.74) is 1.76. The summed E-state index contributed by atoms with van der Waals surface area (Å²) in [6.45, 7) is 8.94. The van der Waals surface area contributed by atoms with Gasteiger partial charge in [0.2, 0.25) is 0 Å². The van der Waals surface area contributed by atoms with E-state index in [0.717, 1.165) is 0 Å². The Bertz CT molecular complexity index is 1690. The lowest BCUT2D eigenvalue weighted by Gasteiger charge is -2.24. The number of thiazole rings is 1. The summed E-state index contributed by atoms with van der Waals surface area (Å²) in [5, 5.41) is 0. The van der Waals surface area contributed by atoms with E-state index in [2.05, 4.69) is 27.5 Å². The van der Waals surface area contributed by atoms with Crippen LogP contribution in [0.1, 0.15) is 37.9 Å². The molecule has 1 aliphatic heterocycles. The van der Waals surface area contributed by atoms with Crippen molar-refractivity contribution >= 4 is 45.3 Å². The highest BCUT2D eigenvalue weighted by Gasteiger charge is 2.33. The Morgan fingerprint density at radius 3 is 2.58 bits per heavy atom. The number of hydrogen-bond donors (Lipinski definition) is 0. The van der Waals surface area contributed by atoms with Gasteiger partial charge >= 0.3 is 11.9 Å². The van der Waals surface area contributed by atoms with Gasteiger partial charge in [-0.25, -0.2) is 9.79 Å². The predicted octanol–water partition coefficient (Wildman–Crippen LogP) is 4.06. The van der Waals surface area contributed by atoms with Gasteiger partial charge in [-0.05, 0) is 71.2 Å². The number of allylic oxidation sites excluding steroid dienone is 1. The molecule has 2 heterocycles. The van der Waals surface area contributed by atoms with Crippen LogP contribution in [0.2, 0.25) is 0 Å². The first-order valence-electron chi connectivity index (χ1n) is 12.3. The summed E-state index contributed by atoms with van der Waals surface area (Å²) in [7, 11) is 1.46. The SMILES string of the molecule is C=CCOc1ccc(C2C(C(=O)OCC)=C(C)N=c3sc(=Cc4cc(Br)c(OC(C)=O)c(OC)c4)c(=O)n32)cc1. The zero-order chi connectivity index (χ0) is 29.0. The standard InChI is InChI=1S/C29H27BrN2O7S/c1-6-12-38-20-10-8-19(9-11-20)25-24(28(35)37-7-2)16(3)31-29-32(25)27(34)23(40-29)15-18-13-21(30)26(39-17(4)33)22(14-18)36-5/h6,8-11,13-15,25H,1,7,12H2,2-5H3. The number of carbonyl (C=O) groups excluding carboxylic acids is 2. The van der Waals surface area contributed by atoms with Crippen LogP contribution >= 0.6 is 27.3 Å². The van der Waals surface area contributed by atoms with Crippen molar-refractivity contribution < 1.29 is 28.5 Å². The van der Waals surface area contributed by atoms with Crippen LogP contribution in [-0.2, 0) is 14.3 Å². The van der Waals surface area contributed by atoms with E-state index in [4.69, 9.17) is 18.9 Å². The van der Waals surface area contributed by atoms with E-state index in [9.17, 15) is 14.4 Å². The third kappa shape index (κ3) is 5.95. The fourth-order valence-corrected chi connectivity index (χ4v) is 5.81. The number of esters is 2. The topological polar surface area (TPSA) is 105 Å². The Labute approximate surface area is 242 Å². The average molecular weight is 628 g/mol. The Hall–Kier alpha value is -3.96. The number of nitrogens with zero attached hydrogens (tertiary/aromatic N) is 2. The molecular formula is C29H27BrN2O7S. The van der Waals surface area contributed by atoms with Gasteiger partial charge in [-0.1, -0.05) is 36.1 Å². The lowest BCUT2D eigenvalue weighted by atomic mass is 9.96. The van der Waals surface area contributed by atoms with E-state index in [-0.39, 0.29) is 23.5 Å². The minimum absolute atomic E-state index is 0.182. The van der Waals surface area contributed by atoms with Gasteiger partial charge in [0.25, 0.3) is 5.56 Å².